The van der Waals surface area contributed by atoms with Gasteiger partial charge in [0.2, 0.25) is 5.91 Å². The molecule has 0 saturated carbocycles. The summed E-state index contributed by atoms with van der Waals surface area (Å²) in [6.45, 7) is 4.15. The molecule has 6 heteroatoms. The SMILES string of the molecule is Cc1ccccc1C1=NC(C)(CC(=O)NCc2cccc(O)c2)ON1C. The zero-order valence-corrected chi connectivity index (χ0v) is 15.2. The van der Waals surface area contributed by atoms with Gasteiger partial charge in [0.25, 0.3) is 0 Å². The maximum atomic E-state index is 12.3. The molecule has 3 rings (SSSR count). The van der Waals surface area contributed by atoms with Crippen molar-refractivity contribution in [3.05, 3.63) is 65.2 Å². The lowest BCUT2D eigenvalue weighted by atomic mass is 10.1. The van der Waals surface area contributed by atoms with Crippen molar-refractivity contribution in [2.75, 3.05) is 7.05 Å². The summed E-state index contributed by atoms with van der Waals surface area (Å²) < 4.78 is 0. The molecule has 1 amide bonds. The van der Waals surface area contributed by atoms with Crippen LogP contribution in [-0.2, 0) is 16.2 Å². The molecule has 2 N–H and O–H groups in total. The van der Waals surface area contributed by atoms with Crippen LogP contribution in [0.15, 0.2) is 53.5 Å². The molecule has 2 aromatic carbocycles. The van der Waals surface area contributed by atoms with Gasteiger partial charge >= 0.3 is 0 Å². The van der Waals surface area contributed by atoms with Gasteiger partial charge in [-0.2, -0.15) is 0 Å². The van der Waals surface area contributed by atoms with Gasteiger partial charge in [-0.15, -0.1) is 0 Å². The van der Waals surface area contributed by atoms with E-state index in [0.29, 0.717) is 12.4 Å². The number of hydrogen-bond acceptors (Lipinski definition) is 5. The lowest BCUT2D eigenvalue weighted by Gasteiger charge is -2.21. The van der Waals surface area contributed by atoms with Crippen molar-refractivity contribution in [1.29, 1.82) is 0 Å². The van der Waals surface area contributed by atoms with E-state index in [1.807, 2.05) is 37.3 Å². The largest absolute Gasteiger partial charge is 0.508 e. The highest BCUT2D eigenvalue weighted by Crippen LogP contribution is 2.28. The average molecular weight is 353 g/mol. The van der Waals surface area contributed by atoms with E-state index in [1.54, 1.807) is 37.2 Å². The number of nitrogens with zero attached hydrogens (tertiary/aromatic N) is 2. The van der Waals surface area contributed by atoms with E-state index in [1.165, 1.54) is 0 Å². The average Bonchev–Trinajstić information content (AvgIpc) is 2.88. The standard InChI is InChI=1S/C20H23N3O3/c1-14-7-4-5-10-17(14)19-22-20(2,26-23(19)3)12-18(25)21-13-15-8-6-9-16(24)11-15/h4-11,24H,12-13H2,1-3H3,(H,21,25). The molecule has 26 heavy (non-hydrogen) atoms. The van der Waals surface area contributed by atoms with Gasteiger partial charge in [-0.1, -0.05) is 36.4 Å². The van der Waals surface area contributed by atoms with Gasteiger partial charge in [-0.3, -0.25) is 4.79 Å². The molecular formula is C20H23N3O3. The Morgan fingerprint density at radius 3 is 2.77 bits per heavy atom. The number of phenolic OH excluding ortho intramolecular Hbond substituents is 1. The number of amides is 1. The summed E-state index contributed by atoms with van der Waals surface area (Å²) in [5, 5.41) is 13.9. The summed E-state index contributed by atoms with van der Waals surface area (Å²) in [6.07, 6.45) is 0.103. The van der Waals surface area contributed by atoms with Crippen molar-refractivity contribution in [2.24, 2.45) is 4.99 Å². The van der Waals surface area contributed by atoms with Crippen LogP contribution in [0.4, 0.5) is 0 Å². The highest BCUT2D eigenvalue weighted by Gasteiger charge is 2.38. The van der Waals surface area contributed by atoms with E-state index in [2.05, 4.69) is 10.3 Å². The smallest absolute Gasteiger partial charge is 0.225 e. The number of aryl methyl sites for hydroxylation is 1. The summed E-state index contributed by atoms with van der Waals surface area (Å²) in [7, 11) is 1.79. The normalized spacial score (nSPS) is 19.3. The van der Waals surface area contributed by atoms with Crippen molar-refractivity contribution >= 4 is 11.7 Å². The molecule has 136 valence electrons. The Kier molecular flexibility index (Phi) is 4.95. The summed E-state index contributed by atoms with van der Waals surface area (Å²) in [5.41, 5.74) is 1.96. The summed E-state index contributed by atoms with van der Waals surface area (Å²) >= 11 is 0. The highest BCUT2D eigenvalue weighted by atomic mass is 16.7. The Balaban J connectivity index is 1.67. The van der Waals surface area contributed by atoms with Gasteiger partial charge in [0.15, 0.2) is 11.6 Å². The first-order valence-corrected chi connectivity index (χ1v) is 8.50. The van der Waals surface area contributed by atoms with Crippen LogP contribution >= 0.6 is 0 Å². The number of phenols is 1. The molecule has 0 bridgehead atoms. The zero-order valence-electron chi connectivity index (χ0n) is 15.2. The Morgan fingerprint density at radius 2 is 2.04 bits per heavy atom. The van der Waals surface area contributed by atoms with E-state index in [-0.39, 0.29) is 18.1 Å². The maximum absolute atomic E-state index is 12.3. The highest BCUT2D eigenvalue weighted by molar-refractivity contribution is 6.00. The predicted molar refractivity (Wildman–Crippen MR) is 99.5 cm³/mol. The third kappa shape index (κ3) is 4.03. The molecule has 0 spiro atoms. The van der Waals surface area contributed by atoms with Crippen LogP contribution in [0.5, 0.6) is 5.75 Å². The van der Waals surface area contributed by atoms with Crippen LogP contribution in [0, 0.1) is 6.92 Å². The molecular weight excluding hydrogens is 330 g/mol. The molecule has 1 atom stereocenters. The number of rotatable bonds is 5. The molecule has 2 aromatic rings. The Bertz CT molecular complexity index is 850. The molecule has 1 heterocycles. The Labute approximate surface area is 153 Å². The van der Waals surface area contributed by atoms with Gasteiger partial charge < -0.3 is 10.4 Å². The van der Waals surface area contributed by atoms with Gasteiger partial charge in [0.05, 0.1) is 6.42 Å². The lowest BCUT2D eigenvalue weighted by Crippen LogP contribution is -2.35. The van der Waals surface area contributed by atoms with Crippen LogP contribution in [-0.4, -0.2) is 34.7 Å². The number of hydroxylamine groups is 2. The van der Waals surface area contributed by atoms with E-state index in [4.69, 9.17) is 4.84 Å². The molecule has 1 aliphatic rings. The number of amidine groups is 1. The van der Waals surface area contributed by atoms with Crippen molar-refractivity contribution < 1.29 is 14.7 Å². The molecule has 6 nitrogen and oxygen atoms in total. The molecule has 1 unspecified atom stereocenters. The fourth-order valence-electron chi connectivity index (χ4n) is 3.01. The van der Waals surface area contributed by atoms with Crippen LogP contribution in [0.1, 0.15) is 30.0 Å². The number of benzene rings is 2. The minimum Gasteiger partial charge on any atom is -0.508 e. The monoisotopic (exact) mass is 353 g/mol. The first-order valence-electron chi connectivity index (χ1n) is 8.50. The summed E-state index contributed by atoms with van der Waals surface area (Å²) in [6, 6.07) is 14.7. The van der Waals surface area contributed by atoms with Gasteiger partial charge in [-0.05, 0) is 37.1 Å². The van der Waals surface area contributed by atoms with E-state index < -0.39 is 5.72 Å². The number of carbonyl (C=O) groups excluding carboxylic acids is 1. The van der Waals surface area contributed by atoms with E-state index in [0.717, 1.165) is 16.7 Å². The fourth-order valence-corrected chi connectivity index (χ4v) is 3.01. The third-order valence-electron chi connectivity index (χ3n) is 4.25. The topological polar surface area (TPSA) is 74.2 Å². The second-order valence-corrected chi connectivity index (χ2v) is 6.64. The quantitative estimate of drug-likeness (QED) is 0.867. The van der Waals surface area contributed by atoms with Crippen LogP contribution in [0.3, 0.4) is 0 Å². The zero-order chi connectivity index (χ0) is 18.7. The minimum absolute atomic E-state index is 0.103. The molecule has 0 radical (unpaired) electrons. The van der Waals surface area contributed by atoms with E-state index in [9.17, 15) is 9.90 Å². The van der Waals surface area contributed by atoms with Crippen LogP contribution in [0.2, 0.25) is 0 Å². The summed E-state index contributed by atoms with van der Waals surface area (Å²) in [5.74, 6) is 0.724. The molecule has 0 aliphatic carbocycles. The number of nitrogens with one attached hydrogen (secondary N) is 1. The Hall–Kier alpha value is -2.86. The van der Waals surface area contributed by atoms with Gasteiger partial charge in [0.1, 0.15) is 5.75 Å². The van der Waals surface area contributed by atoms with E-state index >= 15 is 0 Å². The number of hydrogen-bond donors (Lipinski definition) is 2. The minimum atomic E-state index is -0.949. The molecule has 0 fully saturated rings. The summed E-state index contributed by atoms with van der Waals surface area (Å²) in [4.78, 5) is 22.8. The van der Waals surface area contributed by atoms with Crippen LogP contribution < -0.4 is 5.32 Å². The lowest BCUT2D eigenvalue weighted by molar-refractivity contribution is -0.166. The van der Waals surface area contributed by atoms with Crippen molar-refractivity contribution in [3.63, 3.8) is 0 Å². The third-order valence-corrected chi connectivity index (χ3v) is 4.25. The molecule has 0 aromatic heterocycles. The van der Waals surface area contributed by atoms with Crippen molar-refractivity contribution in [3.8, 4) is 5.75 Å². The number of aromatic hydroxyl groups is 1. The van der Waals surface area contributed by atoms with Crippen LogP contribution in [0.25, 0.3) is 0 Å². The molecule has 0 saturated heterocycles. The number of carbonyl (C=O) groups is 1. The Morgan fingerprint density at radius 1 is 1.27 bits per heavy atom. The maximum Gasteiger partial charge on any atom is 0.225 e. The van der Waals surface area contributed by atoms with Gasteiger partial charge in [0, 0.05) is 19.2 Å². The van der Waals surface area contributed by atoms with Crippen molar-refractivity contribution in [2.45, 2.75) is 32.5 Å². The van der Waals surface area contributed by atoms with Crippen molar-refractivity contribution in [1.82, 2.24) is 10.4 Å². The predicted octanol–water partition coefficient (Wildman–Crippen LogP) is 2.75. The number of aliphatic imine (C=N–C) groups is 1. The van der Waals surface area contributed by atoms with Gasteiger partial charge in [-0.25, -0.2) is 14.9 Å². The first-order chi connectivity index (χ1) is 12.4. The molecule has 1 aliphatic heterocycles. The fraction of sp³-hybridized carbons (Fsp3) is 0.300. The first kappa shape index (κ1) is 17.9. The second-order valence-electron chi connectivity index (χ2n) is 6.64. The second kappa shape index (κ2) is 7.17.